The van der Waals surface area contributed by atoms with Crippen molar-refractivity contribution in [2.75, 3.05) is 5.32 Å². The number of hydrogen-bond acceptors (Lipinski definition) is 3. The van der Waals surface area contributed by atoms with Gasteiger partial charge in [0.15, 0.2) is 5.82 Å². The van der Waals surface area contributed by atoms with Gasteiger partial charge in [0.25, 0.3) is 0 Å². The van der Waals surface area contributed by atoms with E-state index in [1.54, 1.807) is 0 Å². The predicted molar refractivity (Wildman–Crippen MR) is 100 cm³/mol. The second kappa shape index (κ2) is 5.83. The summed E-state index contributed by atoms with van der Waals surface area (Å²) in [5.74, 6) is 0.656. The maximum atomic E-state index is 12.7. The Labute approximate surface area is 151 Å². The number of hydrogen-bond donors (Lipinski definition) is 1. The van der Waals surface area contributed by atoms with E-state index in [1.165, 1.54) is 6.42 Å². The topological polar surface area (TPSA) is 62.5 Å². The summed E-state index contributed by atoms with van der Waals surface area (Å²) in [7, 11) is 0. The summed E-state index contributed by atoms with van der Waals surface area (Å²) in [6.45, 7) is 2.03. The summed E-state index contributed by atoms with van der Waals surface area (Å²) in [4.78, 5) is 19.2. The van der Waals surface area contributed by atoms with Crippen molar-refractivity contribution in [1.82, 2.24) is 19.5 Å². The quantitative estimate of drug-likeness (QED) is 0.765. The van der Waals surface area contributed by atoms with Gasteiger partial charge in [0.05, 0.1) is 11.7 Å². The van der Waals surface area contributed by atoms with Gasteiger partial charge in [-0.15, -0.1) is 5.10 Å². The van der Waals surface area contributed by atoms with Crippen molar-refractivity contribution in [3.05, 3.63) is 48.3 Å². The number of anilines is 1. The second-order valence-corrected chi connectivity index (χ2v) is 7.30. The highest BCUT2D eigenvalue weighted by Gasteiger charge is 2.44. The van der Waals surface area contributed by atoms with Crippen molar-refractivity contribution >= 4 is 17.2 Å². The molecule has 6 heteroatoms. The Kier molecular flexibility index (Phi) is 3.45. The highest BCUT2D eigenvalue weighted by atomic mass is 16.2. The molecule has 132 valence electrons. The molecule has 4 heterocycles. The lowest BCUT2D eigenvalue weighted by atomic mass is 9.80. The molecule has 0 aliphatic carbocycles. The van der Waals surface area contributed by atoms with Gasteiger partial charge in [-0.05, 0) is 62.4 Å². The highest BCUT2D eigenvalue weighted by Crippen LogP contribution is 2.38. The van der Waals surface area contributed by atoms with Crippen molar-refractivity contribution in [2.45, 2.75) is 44.7 Å². The van der Waals surface area contributed by atoms with Crippen molar-refractivity contribution in [2.24, 2.45) is 0 Å². The van der Waals surface area contributed by atoms with E-state index in [4.69, 9.17) is 0 Å². The van der Waals surface area contributed by atoms with Gasteiger partial charge in [-0.2, -0.15) is 0 Å². The van der Waals surface area contributed by atoms with Gasteiger partial charge in [-0.3, -0.25) is 0 Å². The van der Waals surface area contributed by atoms with E-state index in [0.717, 1.165) is 41.6 Å². The molecule has 0 saturated carbocycles. The summed E-state index contributed by atoms with van der Waals surface area (Å²) < 4.78 is 1.81. The number of carbonyl (C=O) groups is 1. The number of amides is 2. The largest absolute Gasteiger partial charge is 0.322 e. The van der Waals surface area contributed by atoms with Crippen LogP contribution in [0.5, 0.6) is 0 Å². The maximum Gasteiger partial charge on any atom is 0.322 e. The zero-order chi connectivity index (χ0) is 17.7. The Morgan fingerprint density at radius 2 is 2.08 bits per heavy atom. The van der Waals surface area contributed by atoms with Crippen LogP contribution in [0.1, 0.15) is 31.2 Å². The summed E-state index contributed by atoms with van der Waals surface area (Å²) in [6, 6.07) is 10.7. The third-order valence-electron chi connectivity index (χ3n) is 5.65. The number of urea groups is 1. The van der Waals surface area contributed by atoms with Gasteiger partial charge < -0.3 is 10.2 Å². The van der Waals surface area contributed by atoms with E-state index in [9.17, 15) is 4.79 Å². The normalized spacial score (nSPS) is 21.5. The molecule has 2 aromatic heterocycles. The molecule has 1 aromatic carbocycles. The number of aryl methyl sites for hydroxylation is 1. The smallest absolute Gasteiger partial charge is 0.318 e. The average Bonchev–Trinajstić information content (AvgIpc) is 3.11. The van der Waals surface area contributed by atoms with Crippen LogP contribution in [0, 0.1) is 6.92 Å². The Balaban J connectivity index is 1.42. The average molecular weight is 347 g/mol. The molecule has 2 aliphatic heterocycles. The molecular weight excluding hydrogens is 326 g/mol. The molecule has 2 amide bonds. The SMILES string of the molecule is Cc1ccc(NC(=O)N2C3CCCC2C3)cc1-c1ncc2cccn2n1. The number of fused-ring (bicyclic) bond motifs is 3. The lowest BCUT2D eigenvalue weighted by Gasteiger charge is -2.52. The first-order chi connectivity index (χ1) is 12.7. The van der Waals surface area contributed by atoms with E-state index in [-0.39, 0.29) is 6.03 Å². The highest BCUT2D eigenvalue weighted by molar-refractivity contribution is 5.91. The minimum absolute atomic E-state index is 0.0162. The van der Waals surface area contributed by atoms with Crippen LogP contribution in [0.3, 0.4) is 0 Å². The second-order valence-electron chi connectivity index (χ2n) is 7.30. The molecule has 1 N–H and O–H groups in total. The van der Waals surface area contributed by atoms with Crippen LogP contribution >= 0.6 is 0 Å². The minimum atomic E-state index is 0.0162. The van der Waals surface area contributed by atoms with Crippen LogP contribution in [0.15, 0.2) is 42.7 Å². The zero-order valence-electron chi connectivity index (χ0n) is 14.7. The fraction of sp³-hybridized carbons (Fsp3) is 0.350. The molecule has 3 aromatic rings. The number of nitrogens with zero attached hydrogens (tertiary/aromatic N) is 4. The summed E-state index contributed by atoms with van der Waals surface area (Å²) in [5, 5.41) is 7.64. The van der Waals surface area contributed by atoms with Gasteiger partial charge in [-0.1, -0.05) is 6.07 Å². The van der Waals surface area contributed by atoms with Crippen LogP contribution in [-0.2, 0) is 0 Å². The van der Waals surface area contributed by atoms with Crippen molar-refractivity contribution < 1.29 is 4.79 Å². The minimum Gasteiger partial charge on any atom is -0.318 e. The fourth-order valence-electron chi connectivity index (χ4n) is 4.22. The first kappa shape index (κ1) is 15.4. The molecule has 2 bridgehead atoms. The van der Waals surface area contributed by atoms with Crippen LogP contribution in [0.2, 0.25) is 0 Å². The lowest BCUT2D eigenvalue weighted by Crippen LogP contribution is -2.62. The third kappa shape index (κ3) is 2.44. The first-order valence-corrected chi connectivity index (χ1v) is 9.20. The third-order valence-corrected chi connectivity index (χ3v) is 5.65. The maximum absolute atomic E-state index is 12.7. The standard InChI is InChI=1S/C20H21N5O/c1-13-7-8-14(22-20(26)25-15-4-2-5-16(25)11-15)10-18(13)19-21-12-17-6-3-9-24(17)23-19/h3,6-10,12,15-16H,2,4-5,11H2,1H3,(H,22,26). The first-order valence-electron chi connectivity index (χ1n) is 9.20. The molecule has 2 saturated heterocycles. The summed E-state index contributed by atoms with van der Waals surface area (Å²) in [5.41, 5.74) is 3.76. The molecule has 26 heavy (non-hydrogen) atoms. The number of rotatable bonds is 2. The molecule has 2 unspecified atom stereocenters. The predicted octanol–water partition coefficient (Wildman–Crippen LogP) is 3.86. The molecule has 6 nitrogen and oxygen atoms in total. The molecule has 5 rings (SSSR count). The fourth-order valence-corrected chi connectivity index (χ4v) is 4.22. The molecule has 2 aliphatic rings. The van der Waals surface area contributed by atoms with E-state index < -0.39 is 0 Å². The lowest BCUT2D eigenvalue weighted by molar-refractivity contribution is 0.0173. The molecule has 2 atom stereocenters. The van der Waals surface area contributed by atoms with Crippen LogP contribution in [-0.4, -0.2) is 37.6 Å². The van der Waals surface area contributed by atoms with Gasteiger partial charge in [0, 0.05) is 29.5 Å². The monoisotopic (exact) mass is 347 g/mol. The zero-order valence-corrected chi connectivity index (χ0v) is 14.7. The van der Waals surface area contributed by atoms with E-state index >= 15 is 0 Å². The Morgan fingerprint density at radius 1 is 1.23 bits per heavy atom. The van der Waals surface area contributed by atoms with Crippen LogP contribution < -0.4 is 5.32 Å². The van der Waals surface area contributed by atoms with Crippen molar-refractivity contribution in [3.8, 4) is 11.4 Å². The Morgan fingerprint density at radius 3 is 2.88 bits per heavy atom. The molecule has 0 spiro atoms. The van der Waals surface area contributed by atoms with Gasteiger partial charge >= 0.3 is 6.03 Å². The van der Waals surface area contributed by atoms with Gasteiger partial charge in [0.2, 0.25) is 0 Å². The number of nitrogens with one attached hydrogen (secondary N) is 1. The van der Waals surface area contributed by atoms with Crippen molar-refractivity contribution in [1.29, 1.82) is 0 Å². The number of benzene rings is 1. The summed E-state index contributed by atoms with van der Waals surface area (Å²) in [6.07, 6.45) is 8.39. The number of piperidine rings is 1. The van der Waals surface area contributed by atoms with Gasteiger partial charge in [-0.25, -0.2) is 14.3 Å². The van der Waals surface area contributed by atoms with Crippen LogP contribution in [0.25, 0.3) is 16.9 Å². The number of carbonyl (C=O) groups excluding carboxylic acids is 1. The van der Waals surface area contributed by atoms with Crippen molar-refractivity contribution in [3.63, 3.8) is 0 Å². The number of aromatic nitrogens is 3. The molecular formula is C20H21N5O. The van der Waals surface area contributed by atoms with Crippen LogP contribution in [0.4, 0.5) is 10.5 Å². The van der Waals surface area contributed by atoms with Gasteiger partial charge in [0.1, 0.15) is 0 Å². The molecule has 0 radical (unpaired) electrons. The van der Waals surface area contributed by atoms with E-state index in [0.29, 0.717) is 17.9 Å². The Bertz CT molecular complexity index is 981. The molecule has 2 fully saturated rings. The van der Waals surface area contributed by atoms with E-state index in [2.05, 4.69) is 15.4 Å². The van der Waals surface area contributed by atoms with E-state index in [1.807, 2.05) is 59.1 Å². The Hall–Kier alpha value is -2.89. The summed E-state index contributed by atoms with van der Waals surface area (Å²) >= 11 is 0.